The number of carbonyl (C=O) groups is 2. The molecule has 0 aliphatic heterocycles. The smallest absolute Gasteiger partial charge is 0.210 e. The summed E-state index contributed by atoms with van der Waals surface area (Å²) in [5, 5.41) is 23.7. The van der Waals surface area contributed by atoms with E-state index in [2.05, 4.69) is 9.72 Å². The molecule has 162 valence electrons. The van der Waals surface area contributed by atoms with Gasteiger partial charge < -0.3 is 14.9 Å². The van der Waals surface area contributed by atoms with Crippen molar-refractivity contribution in [2.24, 2.45) is 5.16 Å². The Bertz CT molecular complexity index is 1360. The molecule has 0 bridgehead atoms. The molecule has 0 saturated carbocycles. The number of nitrogens with zero attached hydrogens (tertiary/aromatic N) is 2. The van der Waals surface area contributed by atoms with E-state index in [1.54, 1.807) is 24.3 Å². The van der Waals surface area contributed by atoms with Crippen molar-refractivity contribution in [1.29, 1.82) is 0 Å². The van der Waals surface area contributed by atoms with Gasteiger partial charge in [0.1, 0.15) is 11.5 Å². The number of phenolic OH excluding ortho intramolecular Hbond substituents is 1. The van der Waals surface area contributed by atoms with Crippen molar-refractivity contribution >= 4 is 39.1 Å². The van der Waals surface area contributed by atoms with Crippen LogP contribution in [-0.4, -0.2) is 32.2 Å². The highest BCUT2D eigenvalue weighted by molar-refractivity contribution is 6.46. The van der Waals surface area contributed by atoms with E-state index in [-0.39, 0.29) is 23.0 Å². The molecule has 32 heavy (non-hydrogen) atoms. The summed E-state index contributed by atoms with van der Waals surface area (Å²) in [5.41, 5.74) is 3.53. The van der Waals surface area contributed by atoms with Crippen molar-refractivity contribution in [3.63, 3.8) is 0 Å². The summed E-state index contributed by atoms with van der Waals surface area (Å²) in [6.45, 7) is 4.70. The molecular weight excluding hydrogens is 404 g/mol. The fraction of sp³-hybridized carbons (Fsp3) is 0.192. The zero-order valence-corrected chi connectivity index (χ0v) is 18.0. The van der Waals surface area contributed by atoms with Gasteiger partial charge in [-0.1, -0.05) is 18.5 Å². The van der Waals surface area contributed by atoms with Gasteiger partial charge in [-0.3, -0.25) is 9.59 Å². The average molecular weight is 428 g/mol. The highest BCUT2D eigenvalue weighted by atomic mass is 16.4. The fourth-order valence-electron chi connectivity index (χ4n) is 4.12. The van der Waals surface area contributed by atoms with E-state index in [0.29, 0.717) is 29.5 Å². The number of aryl methyl sites for hydroxylation is 1. The van der Waals surface area contributed by atoms with Gasteiger partial charge in [-0.2, -0.15) is 0 Å². The Hall–Kier alpha value is -3.93. The summed E-state index contributed by atoms with van der Waals surface area (Å²) < 4.78 is 2.14. The van der Waals surface area contributed by atoms with Crippen LogP contribution in [0.3, 0.4) is 0 Å². The fourth-order valence-corrected chi connectivity index (χ4v) is 4.12. The third kappa shape index (κ3) is 3.64. The lowest BCUT2D eigenvalue weighted by Gasteiger charge is -2.05. The molecule has 0 amide bonds. The SMILES string of the molecule is CCC/C(=N\O)C(=O)c1ccc2c(c1)c1cc(C(=O)c3ccc(O)cc3)ccc1n2CC. The van der Waals surface area contributed by atoms with E-state index < -0.39 is 0 Å². The molecular formula is C26H24N2O4. The van der Waals surface area contributed by atoms with Crippen molar-refractivity contribution in [3.8, 4) is 5.75 Å². The Morgan fingerprint density at radius 1 is 0.844 bits per heavy atom. The molecule has 0 aliphatic rings. The first-order valence-corrected chi connectivity index (χ1v) is 10.6. The second-order valence-corrected chi connectivity index (χ2v) is 7.71. The van der Waals surface area contributed by atoms with E-state index in [9.17, 15) is 19.9 Å². The van der Waals surface area contributed by atoms with Crippen molar-refractivity contribution in [2.75, 3.05) is 0 Å². The maximum Gasteiger partial charge on any atom is 0.210 e. The van der Waals surface area contributed by atoms with Crippen LogP contribution in [0.25, 0.3) is 21.8 Å². The molecule has 2 N–H and O–H groups in total. The predicted molar refractivity (Wildman–Crippen MR) is 125 cm³/mol. The summed E-state index contributed by atoms with van der Waals surface area (Å²) in [6.07, 6.45) is 1.10. The van der Waals surface area contributed by atoms with Gasteiger partial charge in [0, 0.05) is 45.0 Å². The number of hydrogen-bond donors (Lipinski definition) is 2. The van der Waals surface area contributed by atoms with Crippen LogP contribution in [-0.2, 0) is 6.54 Å². The molecule has 0 saturated heterocycles. The quantitative estimate of drug-likeness (QED) is 0.174. The van der Waals surface area contributed by atoms with Crippen molar-refractivity contribution < 1.29 is 19.9 Å². The van der Waals surface area contributed by atoms with Crippen LogP contribution in [0.5, 0.6) is 5.75 Å². The van der Waals surface area contributed by atoms with E-state index in [0.717, 1.165) is 28.4 Å². The molecule has 0 unspecified atom stereocenters. The zero-order valence-electron chi connectivity index (χ0n) is 18.0. The second kappa shape index (κ2) is 8.67. The van der Waals surface area contributed by atoms with E-state index in [1.165, 1.54) is 12.1 Å². The molecule has 4 aromatic rings. The van der Waals surface area contributed by atoms with E-state index in [4.69, 9.17) is 0 Å². The van der Waals surface area contributed by atoms with Crippen molar-refractivity contribution in [1.82, 2.24) is 4.57 Å². The van der Waals surface area contributed by atoms with Gasteiger partial charge in [0.05, 0.1) is 0 Å². The Kier molecular flexibility index (Phi) is 5.77. The number of oxime groups is 1. The Morgan fingerprint density at radius 2 is 1.41 bits per heavy atom. The molecule has 0 spiro atoms. The third-order valence-corrected chi connectivity index (χ3v) is 5.70. The molecule has 1 heterocycles. The number of rotatable bonds is 7. The highest BCUT2D eigenvalue weighted by Gasteiger charge is 2.18. The summed E-state index contributed by atoms with van der Waals surface area (Å²) >= 11 is 0. The van der Waals surface area contributed by atoms with Crippen LogP contribution < -0.4 is 0 Å². The maximum atomic E-state index is 13.0. The second-order valence-electron chi connectivity index (χ2n) is 7.71. The van der Waals surface area contributed by atoms with Crippen LogP contribution in [0.15, 0.2) is 65.8 Å². The first kappa shape index (κ1) is 21.3. The van der Waals surface area contributed by atoms with Gasteiger partial charge in [0.15, 0.2) is 5.78 Å². The number of hydrogen-bond acceptors (Lipinski definition) is 5. The summed E-state index contributed by atoms with van der Waals surface area (Å²) in [5.74, 6) is -0.340. The number of fused-ring (bicyclic) bond motifs is 3. The van der Waals surface area contributed by atoms with Crippen LogP contribution in [0.2, 0.25) is 0 Å². The number of aromatic nitrogens is 1. The summed E-state index contributed by atoms with van der Waals surface area (Å²) in [7, 11) is 0. The molecule has 0 fully saturated rings. The van der Waals surface area contributed by atoms with Gasteiger partial charge in [-0.25, -0.2) is 0 Å². The Labute approximate surface area is 185 Å². The largest absolute Gasteiger partial charge is 0.508 e. The molecule has 6 nitrogen and oxygen atoms in total. The van der Waals surface area contributed by atoms with Gasteiger partial charge in [0.25, 0.3) is 0 Å². The van der Waals surface area contributed by atoms with Crippen LogP contribution in [0, 0.1) is 0 Å². The lowest BCUT2D eigenvalue weighted by molar-refractivity contribution is 0.103. The van der Waals surface area contributed by atoms with Crippen LogP contribution >= 0.6 is 0 Å². The number of benzene rings is 3. The van der Waals surface area contributed by atoms with E-state index in [1.807, 2.05) is 38.1 Å². The first-order valence-electron chi connectivity index (χ1n) is 10.6. The predicted octanol–water partition coefficient (Wildman–Crippen LogP) is 5.56. The zero-order chi connectivity index (χ0) is 22.8. The van der Waals surface area contributed by atoms with Gasteiger partial charge in [-0.05, 0) is 74.0 Å². The summed E-state index contributed by atoms with van der Waals surface area (Å²) in [6, 6.07) is 17.2. The highest BCUT2D eigenvalue weighted by Crippen LogP contribution is 2.31. The lowest BCUT2D eigenvalue weighted by Crippen LogP contribution is -2.14. The third-order valence-electron chi connectivity index (χ3n) is 5.70. The minimum absolute atomic E-state index is 0.106. The average Bonchev–Trinajstić information content (AvgIpc) is 3.14. The number of Topliss-reactive ketones (excluding diaryl/α,β-unsaturated/α-hetero) is 1. The molecule has 0 radical (unpaired) electrons. The molecule has 0 aliphatic carbocycles. The maximum absolute atomic E-state index is 13.0. The summed E-state index contributed by atoms with van der Waals surface area (Å²) in [4.78, 5) is 25.8. The molecule has 3 aromatic carbocycles. The molecule has 1 aromatic heterocycles. The Balaban J connectivity index is 1.86. The van der Waals surface area contributed by atoms with Crippen LogP contribution in [0.1, 0.15) is 53.0 Å². The van der Waals surface area contributed by atoms with Crippen LogP contribution in [0.4, 0.5) is 0 Å². The topological polar surface area (TPSA) is 91.9 Å². The van der Waals surface area contributed by atoms with Gasteiger partial charge in [-0.15, -0.1) is 0 Å². The number of aromatic hydroxyl groups is 1. The number of phenols is 1. The van der Waals surface area contributed by atoms with E-state index >= 15 is 0 Å². The van der Waals surface area contributed by atoms with Gasteiger partial charge in [0.2, 0.25) is 5.78 Å². The standard InChI is InChI=1S/C26H24N2O4/c1-3-5-22(27-32)26(31)18-9-13-24-21(15-18)20-14-17(8-12-23(20)28(24)4-2)25(30)16-6-10-19(29)11-7-16/h6-15,29,32H,3-5H2,1-2H3/b27-22+. The lowest BCUT2D eigenvalue weighted by atomic mass is 9.99. The van der Waals surface area contributed by atoms with Crippen molar-refractivity contribution in [3.05, 3.63) is 77.4 Å². The number of ketones is 2. The molecule has 6 heteroatoms. The van der Waals surface area contributed by atoms with Crippen molar-refractivity contribution in [2.45, 2.75) is 33.2 Å². The Morgan fingerprint density at radius 3 is 1.97 bits per heavy atom. The molecule has 0 atom stereocenters. The first-order chi connectivity index (χ1) is 15.5. The minimum atomic E-state index is -0.301. The number of carbonyl (C=O) groups excluding carboxylic acids is 2. The minimum Gasteiger partial charge on any atom is -0.508 e. The van der Waals surface area contributed by atoms with Gasteiger partial charge >= 0.3 is 0 Å². The normalized spacial score (nSPS) is 11.9. The monoisotopic (exact) mass is 428 g/mol. The molecule has 4 rings (SSSR count).